The maximum atomic E-state index is 14.3. The molecule has 4 saturated heterocycles. The highest BCUT2D eigenvalue weighted by Gasteiger charge is 2.54. The summed E-state index contributed by atoms with van der Waals surface area (Å²) in [6.45, 7) is 6.64. The Labute approximate surface area is 457 Å². The summed E-state index contributed by atoms with van der Waals surface area (Å²) in [5.74, 6) is 0.561. The SMILES string of the molecule is COC(=O)N[C@@H](CCSC)C(=O)N1CC2(C[C@H]1c1nc3cc(/C(C)=C4/C=C\[C@H](C)CCc5ccc(cc5-c5ccc6[nH]c([C@@H]7CC8(CN7C(=O)[C@H](CCSC)NC(=O)OC)OCCO8)nc6c5)CC4)ccc3[nH]1)OCCO2. The number of likely N-dealkylation sites (tertiary alicyclic amines) is 2. The number of hydrogen-bond acceptors (Lipinski definition) is 14. The average molecular weight is 1090 g/mol. The summed E-state index contributed by atoms with van der Waals surface area (Å²) in [7, 11) is 2.59. The summed E-state index contributed by atoms with van der Waals surface area (Å²) in [4.78, 5) is 74.3. The van der Waals surface area contributed by atoms with Crippen LogP contribution in [0.1, 0.15) is 92.8 Å². The van der Waals surface area contributed by atoms with Crippen LogP contribution >= 0.6 is 23.5 Å². The minimum atomic E-state index is -0.950. The molecule has 2 aromatic heterocycles. The van der Waals surface area contributed by atoms with Gasteiger partial charge in [-0.25, -0.2) is 19.6 Å². The van der Waals surface area contributed by atoms with E-state index in [1.54, 1.807) is 33.3 Å². The second-order valence-electron chi connectivity index (χ2n) is 20.8. The smallest absolute Gasteiger partial charge is 0.407 e. The van der Waals surface area contributed by atoms with Gasteiger partial charge in [0.15, 0.2) is 11.6 Å². The molecule has 4 fully saturated rings. The topological polar surface area (TPSA) is 212 Å². The number of ether oxygens (including phenoxy) is 6. The first kappa shape index (κ1) is 54.5. The Morgan fingerprint density at radius 2 is 1.27 bits per heavy atom. The first-order valence-corrected chi connectivity index (χ1v) is 29.4. The van der Waals surface area contributed by atoms with Gasteiger partial charge in [-0.3, -0.25) is 9.59 Å². The Bertz CT molecular complexity index is 3050. The molecule has 77 heavy (non-hydrogen) atoms. The van der Waals surface area contributed by atoms with E-state index in [9.17, 15) is 19.2 Å². The van der Waals surface area contributed by atoms with E-state index >= 15 is 0 Å². The van der Waals surface area contributed by atoms with Gasteiger partial charge in [-0.05, 0) is 139 Å². The second-order valence-corrected chi connectivity index (χ2v) is 22.7. The van der Waals surface area contributed by atoms with E-state index in [-0.39, 0.29) is 24.9 Å². The van der Waals surface area contributed by atoms with Crippen molar-refractivity contribution in [2.24, 2.45) is 5.92 Å². The van der Waals surface area contributed by atoms with Gasteiger partial charge in [0, 0.05) is 12.8 Å². The number of alkyl carbamates (subject to hydrolysis) is 2. The molecule has 4 aliphatic heterocycles. The number of aromatic amines is 2. The van der Waals surface area contributed by atoms with Crippen LogP contribution in [-0.4, -0.2) is 155 Å². The summed E-state index contributed by atoms with van der Waals surface area (Å²) in [6.07, 6.45) is 12.4. The monoisotopic (exact) mass is 1090 g/mol. The maximum Gasteiger partial charge on any atom is 0.407 e. The summed E-state index contributed by atoms with van der Waals surface area (Å²) in [5, 5.41) is 5.52. The van der Waals surface area contributed by atoms with Crippen LogP contribution in [0.5, 0.6) is 0 Å². The van der Waals surface area contributed by atoms with Crippen molar-refractivity contribution >= 4 is 75.2 Å². The van der Waals surface area contributed by atoms with E-state index in [0.29, 0.717) is 81.2 Å². The number of methoxy groups -OCH3 is 2. The number of fused-ring (bicyclic) bond motifs is 10. The van der Waals surface area contributed by atoms with Crippen molar-refractivity contribution in [3.05, 3.63) is 101 Å². The summed E-state index contributed by atoms with van der Waals surface area (Å²) >= 11 is 3.21. The molecule has 2 aliphatic carbocycles. The lowest BCUT2D eigenvalue weighted by Gasteiger charge is -2.28. The van der Waals surface area contributed by atoms with Crippen molar-refractivity contribution in [1.82, 2.24) is 40.4 Å². The molecule has 3 aromatic carbocycles. The van der Waals surface area contributed by atoms with E-state index in [1.165, 1.54) is 42.1 Å². The van der Waals surface area contributed by atoms with Crippen LogP contribution < -0.4 is 10.6 Å². The molecule has 20 heteroatoms. The summed E-state index contributed by atoms with van der Waals surface area (Å²) in [6, 6.07) is 17.0. The van der Waals surface area contributed by atoms with Gasteiger partial charge in [0.1, 0.15) is 23.7 Å². The zero-order valence-electron chi connectivity index (χ0n) is 44.7. The molecule has 6 heterocycles. The fourth-order valence-corrected chi connectivity index (χ4v) is 12.4. The van der Waals surface area contributed by atoms with Crippen molar-refractivity contribution in [2.75, 3.05) is 77.8 Å². The van der Waals surface area contributed by atoms with Gasteiger partial charge in [-0.1, -0.05) is 49.4 Å². The van der Waals surface area contributed by atoms with E-state index in [1.807, 2.05) is 12.5 Å². The highest BCUT2D eigenvalue weighted by molar-refractivity contribution is 7.98. The fraction of sp³-hybridized carbons (Fsp3) is 0.509. The number of aromatic nitrogens is 4. The quantitative estimate of drug-likeness (QED) is 0.0820. The fourth-order valence-electron chi connectivity index (χ4n) is 11.5. The first-order valence-electron chi connectivity index (χ1n) is 26.6. The number of aryl methyl sites for hydroxylation is 2. The number of nitrogens with zero attached hydrogens (tertiary/aromatic N) is 4. The third-order valence-electron chi connectivity index (χ3n) is 15.8. The van der Waals surface area contributed by atoms with Crippen LogP contribution in [0.3, 0.4) is 0 Å². The number of allylic oxidation sites excluding steroid dienone is 4. The molecule has 6 aliphatic rings. The molecule has 5 atom stereocenters. The van der Waals surface area contributed by atoms with Crippen LogP contribution in [0.2, 0.25) is 0 Å². The van der Waals surface area contributed by atoms with Gasteiger partial charge in [0.05, 0.1) is 87.9 Å². The Hall–Kier alpha value is -5.90. The molecule has 18 nitrogen and oxygen atoms in total. The Morgan fingerprint density at radius 3 is 1.82 bits per heavy atom. The first-order chi connectivity index (χ1) is 37.3. The molecule has 0 saturated carbocycles. The third kappa shape index (κ3) is 11.8. The molecular weight excluding hydrogens is 1020 g/mol. The molecule has 410 valence electrons. The van der Waals surface area contributed by atoms with Crippen LogP contribution in [0.4, 0.5) is 9.59 Å². The number of benzene rings is 3. The van der Waals surface area contributed by atoms with Gasteiger partial charge >= 0.3 is 12.2 Å². The lowest BCUT2D eigenvalue weighted by atomic mass is 9.88. The van der Waals surface area contributed by atoms with E-state index in [4.69, 9.17) is 38.4 Å². The van der Waals surface area contributed by atoms with Crippen LogP contribution in [-0.2, 0) is 50.9 Å². The summed E-state index contributed by atoms with van der Waals surface area (Å²) in [5.41, 5.74) is 11.5. The van der Waals surface area contributed by atoms with Crippen LogP contribution in [0.25, 0.3) is 38.8 Å². The Morgan fingerprint density at radius 1 is 0.727 bits per heavy atom. The molecule has 0 unspecified atom stereocenters. The largest absolute Gasteiger partial charge is 0.453 e. The molecular formula is C57H70N8O10S2. The molecule has 11 rings (SSSR count). The standard InChI is InChI=1S/C57H70N8O10S2/c1-34-7-11-37(35(2)39-15-17-42-46(28-39)60-50(58-42)48-30-56(72-21-22-73-56)32-64(48)52(66)44(19-25-76-5)62-54(68)70-3)13-9-36-10-14-38(12-8-34)41(27-36)40-16-18-43-47(29-40)61-51(59-43)49-31-57(74-23-24-75-57)33-65(49)53(67)45(20-26-77-6)63-55(69)71-4/h7,10-11,14-18,27-29,34,44-45,48-49H,8-9,12-13,19-26,30-33H2,1-6H3,(H,58,60)(H,59,61)(H,62,68)(H,63,69)/b11-7-,37-35-/t34-,44-,45-,48-,49-/m0/s1. The highest BCUT2D eigenvalue weighted by Crippen LogP contribution is 2.45. The number of rotatable bonds is 14. The highest BCUT2D eigenvalue weighted by atomic mass is 32.2. The molecule has 2 bridgehead atoms. The molecule has 0 radical (unpaired) electrons. The van der Waals surface area contributed by atoms with Gasteiger partial charge < -0.3 is 58.8 Å². The molecule has 2 spiro atoms. The second kappa shape index (κ2) is 23.6. The number of hydrogen-bond donors (Lipinski definition) is 4. The minimum Gasteiger partial charge on any atom is -0.453 e. The van der Waals surface area contributed by atoms with Gasteiger partial charge in [0.2, 0.25) is 11.8 Å². The number of carbonyl (C=O) groups is 4. The van der Waals surface area contributed by atoms with Gasteiger partial charge in [-0.15, -0.1) is 0 Å². The number of H-pyrrole nitrogens is 2. The van der Waals surface area contributed by atoms with Crippen LogP contribution in [0, 0.1) is 5.92 Å². The molecule has 4 amide bonds. The van der Waals surface area contributed by atoms with Crippen molar-refractivity contribution in [2.45, 2.75) is 101 Å². The van der Waals surface area contributed by atoms with Crippen molar-refractivity contribution < 1.29 is 47.6 Å². The summed E-state index contributed by atoms with van der Waals surface area (Å²) < 4.78 is 34.4. The predicted molar refractivity (Wildman–Crippen MR) is 297 cm³/mol. The zero-order valence-corrected chi connectivity index (χ0v) is 46.4. The Balaban J connectivity index is 0.902. The minimum absolute atomic E-state index is 0.217. The van der Waals surface area contributed by atoms with Gasteiger partial charge in [-0.2, -0.15) is 23.5 Å². The number of thioether (sulfide) groups is 2. The normalized spacial score (nSPS) is 22.8. The van der Waals surface area contributed by atoms with Crippen molar-refractivity contribution in [3.8, 4) is 11.1 Å². The van der Waals surface area contributed by atoms with Crippen LogP contribution in [0.15, 0.2) is 72.3 Å². The number of amides is 4. The number of imidazole rings is 2. The average Bonchev–Trinajstić information content (AvgIpc) is 4.33. The lowest BCUT2D eigenvalue weighted by Crippen LogP contribution is -2.50. The predicted octanol–water partition coefficient (Wildman–Crippen LogP) is 8.64. The Kier molecular flexibility index (Phi) is 16.7. The van der Waals surface area contributed by atoms with E-state index in [2.05, 4.69) is 101 Å². The molecule has 5 aromatic rings. The van der Waals surface area contributed by atoms with Gasteiger partial charge in [0.25, 0.3) is 0 Å². The lowest BCUT2D eigenvalue weighted by molar-refractivity contribution is -0.153. The van der Waals surface area contributed by atoms with E-state index < -0.39 is 47.9 Å². The maximum absolute atomic E-state index is 14.3. The zero-order chi connectivity index (χ0) is 53.8. The molecule has 4 N–H and O–H groups in total. The van der Waals surface area contributed by atoms with Crippen molar-refractivity contribution in [3.63, 3.8) is 0 Å². The third-order valence-corrected chi connectivity index (χ3v) is 17.0. The number of carbonyl (C=O) groups excluding carboxylic acids is 4. The number of nitrogens with one attached hydrogen (secondary N) is 4. The van der Waals surface area contributed by atoms with Crippen molar-refractivity contribution in [1.29, 1.82) is 0 Å². The van der Waals surface area contributed by atoms with E-state index in [0.717, 1.165) is 58.9 Å².